The summed E-state index contributed by atoms with van der Waals surface area (Å²) in [5.41, 5.74) is 8.46. The molecule has 8 heteroatoms. The van der Waals surface area contributed by atoms with Gasteiger partial charge in [0.2, 0.25) is 10.0 Å². The van der Waals surface area contributed by atoms with E-state index in [9.17, 15) is 17.2 Å². The Bertz CT molecular complexity index is 871. The van der Waals surface area contributed by atoms with Crippen LogP contribution in [0, 0.1) is 0 Å². The number of hydrogen-bond acceptors (Lipinski definition) is 4. The minimum atomic E-state index is -3.75. The summed E-state index contributed by atoms with van der Waals surface area (Å²) in [7, 11) is -3.75. The van der Waals surface area contributed by atoms with E-state index in [0.717, 1.165) is 24.0 Å². The highest BCUT2D eigenvalue weighted by molar-refractivity contribution is 7.89. The predicted octanol–water partition coefficient (Wildman–Crippen LogP) is 3.27. The van der Waals surface area contributed by atoms with Crippen molar-refractivity contribution in [1.82, 2.24) is 4.72 Å². The molecule has 5 nitrogen and oxygen atoms in total. The minimum Gasteiger partial charge on any atom is -0.488 e. The highest BCUT2D eigenvalue weighted by Gasteiger charge is 2.26. The van der Waals surface area contributed by atoms with Gasteiger partial charge in [-0.2, -0.15) is 0 Å². The van der Waals surface area contributed by atoms with Gasteiger partial charge in [0.15, 0.2) is 0 Å². The van der Waals surface area contributed by atoms with Gasteiger partial charge in [0, 0.05) is 11.7 Å². The number of nitrogens with two attached hydrogens (primary N) is 1. The number of nitrogen functional groups attached to an aromatic ring is 1. The molecule has 0 amide bonds. The van der Waals surface area contributed by atoms with E-state index in [1.54, 1.807) is 6.07 Å². The lowest BCUT2D eigenvalue weighted by molar-refractivity contribution is 0.0819. The van der Waals surface area contributed by atoms with Gasteiger partial charge in [-0.25, -0.2) is 21.9 Å². The van der Waals surface area contributed by atoms with Crippen LogP contribution >= 0.6 is 0 Å². The van der Waals surface area contributed by atoms with Crippen molar-refractivity contribution < 1.29 is 21.9 Å². The van der Waals surface area contributed by atoms with Crippen LogP contribution in [0.5, 0.6) is 5.75 Å². The van der Waals surface area contributed by atoms with E-state index in [0.29, 0.717) is 12.1 Å². The number of sulfonamides is 1. The number of ether oxygens (including phenoxy) is 1. The first kappa shape index (κ1) is 18.6. The smallest absolute Gasteiger partial charge is 0.272 e. The number of alkyl halides is 2. The van der Waals surface area contributed by atoms with Crippen LogP contribution in [0.4, 0.5) is 14.5 Å². The molecule has 0 saturated heterocycles. The lowest BCUT2D eigenvalue weighted by Crippen LogP contribution is -2.31. The summed E-state index contributed by atoms with van der Waals surface area (Å²) in [6.07, 6.45) is -0.148. The highest BCUT2D eigenvalue weighted by Crippen LogP contribution is 2.32. The Morgan fingerprint density at radius 3 is 2.62 bits per heavy atom. The molecule has 0 heterocycles. The van der Waals surface area contributed by atoms with E-state index in [1.807, 2.05) is 12.1 Å². The number of aryl methyl sites for hydroxylation is 1. The van der Waals surface area contributed by atoms with Gasteiger partial charge in [-0.1, -0.05) is 6.07 Å². The Labute approximate surface area is 151 Å². The SMILES string of the molecule is Nc1ccc2c(c1)CCCC2NS(=O)(=O)c1ccc(OCC(F)F)cc1. The van der Waals surface area contributed by atoms with Gasteiger partial charge in [-0.05, 0) is 66.8 Å². The Balaban J connectivity index is 1.76. The molecule has 3 rings (SSSR count). The van der Waals surface area contributed by atoms with Crippen molar-refractivity contribution in [2.24, 2.45) is 0 Å². The fourth-order valence-corrected chi connectivity index (χ4v) is 4.34. The highest BCUT2D eigenvalue weighted by atomic mass is 32.2. The monoisotopic (exact) mass is 382 g/mol. The molecule has 0 saturated carbocycles. The van der Waals surface area contributed by atoms with E-state index < -0.39 is 23.1 Å². The van der Waals surface area contributed by atoms with E-state index in [2.05, 4.69) is 4.72 Å². The third-order valence-corrected chi connectivity index (χ3v) is 5.78. The normalized spacial score (nSPS) is 17.1. The second kappa shape index (κ2) is 7.59. The van der Waals surface area contributed by atoms with Gasteiger partial charge >= 0.3 is 0 Å². The first-order valence-electron chi connectivity index (χ1n) is 8.27. The summed E-state index contributed by atoms with van der Waals surface area (Å²) in [6, 6.07) is 10.6. The number of nitrogens with one attached hydrogen (secondary N) is 1. The second-order valence-corrected chi connectivity index (χ2v) is 7.91. The average molecular weight is 382 g/mol. The molecule has 0 aliphatic heterocycles. The second-order valence-electron chi connectivity index (χ2n) is 6.20. The van der Waals surface area contributed by atoms with Crippen LogP contribution in [-0.2, 0) is 16.4 Å². The Morgan fingerprint density at radius 1 is 1.19 bits per heavy atom. The molecule has 0 spiro atoms. The van der Waals surface area contributed by atoms with Gasteiger partial charge in [-0.3, -0.25) is 0 Å². The lowest BCUT2D eigenvalue weighted by Gasteiger charge is -2.26. The largest absolute Gasteiger partial charge is 0.488 e. The molecule has 0 aromatic heterocycles. The summed E-state index contributed by atoms with van der Waals surface area (Å²) < 4.78 is 57.2. The number of rotatable bonds is 6. The van der Waals surface area contributed by atoms with Crippen LogP contribution in [0.1, 0.15) is 30.0 Å². The third kappa shape index (κ3) is 4.31. The maximum absolute atomic E-state index is 12.7. The number of hydrogen-bond donors (Lipinski definition) is 2. The molecule has 1 aliphatic carbocycles. The maximum Gasteiger partial charge on any atom is 0.272 e. The average Bonchev–Trinajstić information content (AvgIpc) is 2.60. The predicted molar refractivity (Wildman–Crippen MR) is 94.8 cm³/mol. The van der Waals surface area contributed by atoms with Crippen molar-refractivity contribution >= 4 is 15.7 Å². The van der Waals surface area contributed by atoms with Crippen LogP contribution < -0.4 is 15.2 Å². The van der Waals surface area contributed by atoms with E-state index in [-0.39, 0.29) is 16.7 Å². The number of benzene rings is 2. The molecule has 0 radical (unpaired) electrons. The first-order chi connectivity index (χ1) is 12.3. The Morgan fingerprint density at radius 2 is 1.92 bits per heavy atom. The molecule has 26 heavy (non-hydrogen) atoms. The van der Waals surface area contributed by atoms with Crippen molar-refractivity contribution in [2.45, 2.75) is 36.6 Å². The van der Waals surface area contributed by atoms with E-state index in [1.165, 1.54) is 24.3 Å². The third-order valence-electron chi connectivity index (χ3n) is 4.29. The van der Waals surface area contributed by atoms with E-state index >= 15 is 0 Å². The summed E-state index contributed by atoms with van der Waals surface area (Å²) in [4.78, 5) is 0.0597. The van der Waals surface area contributed by atoms with Gasteiger partial charge < -0.3 is 10.5 Å². The molecule has 3 N–H and O–H groups in total. The van der Waals surface area contributed by atoms with Gasteiger partial charge in [0.25, 0.3) is 6.43 Å². The fraction of sp³-hybridized carbons (Fsp3) is 0.333. The van der Waals surface area contributed by atoms with Crippen molar-refractivity contribution in [3.63, 3.8) is 0 Å². The summed E-state index contributed by atoms with van der Waals surface area (Å²) in [5.74, 6) is 0.197. The van der Waals surface area contributed by atoms with Crippen LogP contribution in [0.3, 0.4) is 0 Å². The minimum absolute atomic E-state index is 0.0597. The van der Waals surface area contributed by atoms with Gasteiger partial charge in [-0.15, -0.1) is 0 Å². The van der Waals surface area contributed by atoms with Crippen molar-refractivity contribution in [3.8, 4) is 5.75 Å². The van der Waals surface area contributed by atoms with Crippen LogP contribution in [-0.4, -0.2) is 21.5 Å². The topological polar surface area (TPSA) is 81.4 Å². The zero-order valence-corrected chi connectivity index (χ0v) is 14.8. The summed E-state index contributed by atoms with van der Waals surface area (Å²) in [6.45, 7) is -0.730. The van der Waals surface area contributed by atoms with Gasteiger partial charge in [0.1, 0.15) is 12.4 Å². The zero-order valence-electron chi connectivity index (χ0n) is 14.0. The Kier molecular flexibility index (Phi) is 5.43. The summed E-state index contributed by atoms with van der Waals surface area (Å²) >= 11 is 0. The standard InChI is InChI=1S/C18H20F2N2O3S/c19-18(20)11-25-14-5-7-15(8-6-14)26(23,24)22-17-3-1-2-12-10-13(21)4-9-16(12)17/h4-10,17-18,22H,1-3,11,21H2. The zero-order chi connectivity index (χ0) is 18.7. The molecule has 0 fully saturated rings. The molecule has 1 atom stereocenters. The maximum atomic E-state index is 12.7. The fourth-order valence-electron chi connectivity index (χ4n) is 3.09. The van der Waals surface area contributed by atoms with Crippen LogP contribution in [0.25, 0.3) is 0 Å². The molecule has 1 aliphatic rings. The molecule has 0 bridgehead atoms. The quantitative estimate of drug-likeness (QED) is 0.752. The number of fused-ring (bicyclic) bond motifs is 1. The van der Waals surface area contributed by atoms with Crippen molar-refractivity contribution in [2.75, 3.05) is 12.3 Å². The van der Waals surface area contributed by atoms with E-state index in [4.69, 9.17) is 10.5 Å². The number of halogens is 2. The first-order valence-corrected chi connectivity index (χ1v) is 9.75. The number of anilines is 1. The molecule has 1 unspecified atom stereocenters. The Hall–Kier alpha value is -2.19. The lowest BCUT2D eigenvalue weighted by atomic mass is 9.88. The van der Waals surface area contributed by atoms with Crippen molar-refractivity contribution in [3.05, 3.63) is 53.6 Å². The summed E-state index contributed by atoms with van der Waals surface area (Å²) in [5, 5.41) is 0. The van der Waals surface area contributed by atoms with Crippen molar-refractivity contribution in [1.29, 1.82) is 0 Å². The molecular weight excluding hydrogens is 362 g/mol. The van der Waals surface area contributed by atoms with Crippen LogP contribution in [0.15, 0.2) is 47.4 Å². The molecular formula is C18H20F2N2O3S. The molecule has 2 aromatic rings. The molecule has 2 aromatic carbocycles. The van der Waals surface area contributed by atoms with Gasteiger partial charge in [0.05, 0.1) is 4.90 Å². The molecule has 140 valence electrons. The van der Waals surface area contributed by atoms with Crippen LogP contribution in [0.2, 0.25) is 0 Å².